The average molecular weight is 1590 g/mol. The van der Waals surface area contributed by atoms with Crippen LogP contribution in [0.3, 0.4) is 0 Å². The maximum atomic E-state index is 12.5. The maximum Gasteiger partial charge on any atom is 0.323 e. The molecule has 0 unspecified atom stereocenters. The number of rotatable bonds is 44. The number of anilines is 6. The number of quaternary nitrogens is 3. The molecule has 0 saturated heterocycles. The van der Waals surface area contributed by atoms with Gasteiger partial charge < -0.3 is 98.0 Å². The van der Waals surface area contributed by atoms with Crippen molar-refractivity contribution in [3.05, 3.63) is 181 Å². The number of nitrogens with one attached hydrogen (secondary N) is 8. The minimum absolute atomic E-state index is 0. The summed E-state index contributed by atoms with van der Waals surface area (Å²) in [5.41, 5.74) is 6.19. The third-order valence-corrected chi connectivity index (χ3v) is 20.3. The number of aromatic amines is 2. The predicted molar refractivity (Wildman–Crippen MR) is 465 cm³/mol. The van der Waals surface area contributed by atoms with Crippen LogP contribution < -0.4 is 69.1 Å². The minimum Gasteiger partial charge on any atom is -1.00 e. The van der Waals surface area contributed by atoms with Gasteiger partial charge in [-0.2, -0.15) is 0 Å². The molecule has 0 atom stereocenters. The Balaban J connectivity index is 0.00000138. The normalized spacial score (nSPS) is 10.8. The Kier molecular flexibility index (Phi) is 57.9. The zero-order valence-electron chi connectivity index (χ0n) is 70.2. The first-order chi connectivity index (χ1) is 52.1. The van der Waals surface area contributed by atoms with Gasteiger partial charge in [0, 0.05) is 33.5 Å². The van der Waals surface area contributed by atoms with E-state index in [1.165, 1.54) is 246 Å². The Hall–Kier alpha value is -7.41. The molecule has 0 spiro atoms. The van der Waals surface area contributed by atoms with Crippen LogP contribution in [0.25, 0.3) is 21.8 Å². The number of halogens is 3. The number of H-pyrrole nitrogens is 2. The lowest BCUT2D eigenvalue weighted by molar-refractivity contribution is -0.929. The highest BCUT2D eigenvalue weighted by Crippen LogP contribution is 2.28. The van der Waals surface area contributed by atoms with Crippen LogP contribution in [-0.4, -0.2) is 131 Å². The Morgan fingerprint density at radius 3 is 0.658 bits per heavy atom. The van der Waals surface area contributed by atoms with Crippen molar-refractivity contribution in [1.29, 1.82) is 0 Å². The number of carbonyl (C=O) groups is 4. The molecule has 0 saturated carbocycles. The van der Waals surface area contributed by atoms with Gasteiger partial charge in [0.1, 0.15) is 11.4 Å². The minimum atomic E-state index is -0.358. The summed E-state index contributed by atoms with van der Waals surface area (Å²) in [5, 5.41) is 18.5. The van der Waals surface area contributed by atoms with Crippen LogP contribution in [-0.2, 0) is 0 Å². The molecule has 0 aliphatic carbocycles. The van der Waals surface area contributed by atoms with Crippen LogP contribution in [0.1, 0.15) is 258 Å². The van der Waals surface area contributed by atoms with E-state index in [9.17, 15) is 19.2 Å². The van der Waals surface area contributed by atoms with Crippen LogP contribution in [0.2, 0.25) is 0 Å². The van der Waals surface area contributed by atoms with Crippen molar-refractivity contribution in [3.63, 3.8) is 0 Å². The lowest BCUT2D eigenvalue weighted by Gasteiger charge is -2.39. The number of hydrogen-bond donors (Lipinski definition) is 8. The molecular formula is C92H146Cl3N11O5. The largest absolute Gasteiger partial charge is 1.00 e. The summed E-state index contributed by atoms with van der Waals surface area (Å²) in [6, 6.07) is 50.6. The average Bonchev–Trinajstić information content (AvgIpc) is 1.67. The zero-order valence-corrected chi connectivity index (χ0v) is 72.5. The Morgan fingerprint density at radius 1 is 0.261 bits per heavy atom. The van der Waals surface area contributed by atoms with E-state index in [0.29, 0.717) is 56.5 Å². The van der Waals surface area contributed by atoms with E-state index in [2.05, 4.69) is 125 Å². The Bertz CT molecular complexity index is 3260. The van der Waals surface area contributed by atoms with Crippen molar-refractivity contribution < 1.29 is 75.3 Å². The number of carbonyl (C=O) groups excluding carboxylic acids is 4. The Labute approximate surface area is 689 Å². The molecule has 16 nitrogen and oxygen atoms in total. The third-order valence-electron chi connectivity index (χ3n) is 20.3. The van der Waals surface area contributed by atoms with Gasteiger partial charge >= 0.3 is 12.1 Å². The fraction of sp³-hybridized carbons (Fsp3) is 0.522. The number of nitrogens with zero attached hydrogens (tertiary/aromatic N) is 3. The second-order valence-corrected chi connectivity index (χ2v) is 29.4. The van der Waals surface area contributed by atoms with Gasteiger partial charge in [0.15, 0.2) is 0 Å². The van der Waals surface area contributed by atoms with Crippen molar-refractivity contribution in [2.75, 3.05) is 110 Å². The summed E-state index contributed by atoms with van der Waals surface area (Å²) in [7, 11) is 0. The SMILES string of the molecule is CCCC[N+](CCCC)(CCCC)CCCC.CCCC[N+](CCCC)(CCCC)CCCC.CCCC[N+](CCCC)(CCCC)CCCC.O.O=C(Nc1ccccc1)Nc1cccc2cc(C(=O)Nc3ccccc3)[nH]c12.O=C(Nc1ccccc1)Nc1cccc2cc(C(=O)Nc3ccccc3)[nH]c12.[Cl-].[Cl-].[Cl-]. The highest BCUT2D eigenvalue weighted by Gasteiger charge is 2.28. The van der Waals surface area contributed by atoms with Crippen molar-refractivity contribution in [1.82, 2.24) is 9.97 Å². The van der Waals surface area contributed by atoms with Crippen LogP contribution in [0.4, 0.5) is 43.7 Å². The van der Waals surface area contributed by atoms with E-state index in [4.69, 9.17) is 0 Å². The van der Waals surface area contributed by atoms with E-state index in [0.717, 1.165) is 10.8 Å². The number of hydrogen-bond acceptors (Lipinski definition) is 4. The zero-order chi connectivity index (χ0) is 77.6. The second-order valence-electron chi connectivity index (χ2n) is 29.4. The quantitative estimate of drug-likeness (QED) is 0.0176. The van der Waals surface area contributed by atoms with Crippen molar-refractivity contribution in [2.45, 2.75) is 237 Å². The molecule has 0 aliphatic rings. The molecule has 8 rings (SSSR count). The number of aromatic nitrogens is 2. The van der Waals surface area contributed by atoms with E-state index in [1.807, 2.05) is 121 Å². The molecule has 0 radical (unpaired) electrons. The first-order valence-corrected chi connectivity index (χ1v) is 41.9. The third kappa shape index (κ3) is 40.3. The van der Waals surface area contributed by atoms with E-state index in [1.54, 1.807) is 48.5 Å². The highest BCUT2D eigenvalue weighted by atomic mass is 35.5. The lowest BCUT2D eigenvalue weighted by Crippen LogP contribution is -3.00. The molecule has 0 bridgehead atoms. The molecular weight excluding hydrogens is 1450 g/mol. The lowest BCUT2D eigenvalue weighted by atomic mass is 10.1. The first-order valence-electron chi connectivity index (χ1n) is 41.9. The van der Waals surface area contributed by atoms with E-state index in [-0.39, 0.29) is 66.6 Å². The summed E-state index contributed by atoms with van der Waals surface area (Å²) < 4.78 is 4.26. The fourth-order valence-corrected chi connectivity index (χ4v) is 13.8. The predicted octanol–water partition coefficient (Wildman–Crippen LogP) is 15.3. The Morgan fingerprint density at radius 2 is 0.459 bits per heavy atom. The van der Waals surface area contributed by atoms with Gasteiger partial charge in [0.2, 0.25) is 0 Å². The van der Waals surface area contributed by atoms with Gasteiger partial charge in [-0.25, -0.2) is 9.59 Å². The molecule has 620 valence electrons. The topological polar surface area (TPSA) is 204 Å². The summed E-state index contributed by atoms with van der Waals surface area (Å²) in [4.78, 5) is 55.8. The summed E-state index contributed by atoms with van der Waals surface area (Å²) >= 11 is 0. The van der Waals surface area contributed by atoms with Crippen LogP contribution in [0.15, 0.2) is 170 Å². The first kappa shape index (κ1) is 104. The molecule has 6 aromatic carbocycles. The molecule has 2 aromatic heterocycles. The van der Waals surface area contributed by atoms with Crippen LogP contribution in [0.5, 0.6) is 0 Å². The van der Waals surface area contributed by atoms with Crippen molar-refractivity contribution in [2.24, 2.45) is 0 Å². The highest BCUT2D eigenvalue weighted by molar-refractivity contribution is 6.11. The number of amides is 6. The van der Waals surface area contributed by atoms with Gasteiger partial charge in [-0.1, -0.05) is 257 Å². The van der Waals surface area contributed by atoms with Gasteiger partial charge in [-0.15, -0.1) is 0 Å². The molecule has 19 heteroatoms. The maximum absolute atomic E-state index is 12.5. The number of urea groups is 2. The number of unbranched alkanes of at least 4 members (excludes halogenated alkanes) is 12. The monoisotopic (exact) mass is 1590 g/mol. The summed E-state index contributed by atoms with van der Waals surface area (Å²) in [6.07, 6.45) is 33.2. The van der Waals surface area contributed by atoms with Gasteiger partial charge in [0.25, 0.3) is 11.8 Å². The van der Waals surface area contributed by atoms with E-state index >= 15 is 0 Å². The molecule has 0 fully saturated rings. The number of para-hydroxylation sites is 6. The standard InChI is InChI=1S/2C22H18N4O2.3C16H36N.3ClH.H2O/c2*27-21(23-16-9-3-1-4-10-16)19-14-15-8-7-13-18(20(15)25-19)26-22(28)24-17-11-5-2-6-12-17;3*1-5-9-13-17(14-10-6-2,15-11-7-3)16-12-8-4;;;;/h2*1-14,25H,(H,23,27)(H2,24,26,28);3*5-16H2,1-4H3;3*1H;1H2/q;;3*+1;;;;/p-3. The molecule has 10 N–H and O–H groups in total. The molecule has 8 aromatic rings. The van der Waals surface area contributed by atoms with E-state index < -0.39 is 0 Å². The van der Waals surface area contributed by atoms with Gasteiger partial charge in [-0.3, -0.25) is 9.59 Å². The van der Waals surface area contributed by atoms with Crippen LogP contribution in [0, 0.1) is 0 Å². The number of benzene rings is 6. The van der Waals surface area contributed by atoms with Gasteiger partial charge in [-0.05, 0) is 150 Å². The summed E-state index contributed by atoms with van der Waals surface area (Å²) in [6.45, 7) is 45.1. The number of fused-ring (bicyclic) bond motifs is 2. The smallest absolute Gasteiger partial charge is 0.323 e. The van der Waals surface area contributed by atoms with Crippen LogP contribution >= 0.6 is 0 Å². The van der Waals surface area contributed by atoms with Crippen molar-refractivity contribution in [3.8, 4) is 0 Å². The molecule has 6 amide bonds. The molecule has 111 heavy (non-hydrogen) atoms. The second kappa shape index (κ2) is 62.1. The summed E-state index contributed by atoms with van der Waals surface area (Å²) in [5.74, 6) is -0.496. The molecule has 2 heterocycles. The fourth-order valence-electron chi connectivity index (χ4n) is 13.8. The van der Waals surface area contributed by atoms with Gasteiger partial charge in [0.05, 0.1) is 101 Å². The molecule has 0 aliphatic heterocycles. The van der Waals surface area contributed by atoms with Crippen molar-refractivity contribution >= 4 is 79.8 Å².